The average molecular weight is 274 g/mol. The Morgan fingerprint density at radius 1 is 0.700 bits per heavy atom. The molecule has 20 heavy (non-hydrogen) atoms. The molecular formula is C19H30O. The Balaban J connectivity index is 1.98. The summed E-state index contributed by atoms with van der Waals surface area (Å²) >= 11 is 0. The minimum atomic E-state index is 0.460. The third-order valence-electron chi connectivity index (χ3n) is 3.33. The van der Waals surface area contributed by atoms with Gasteiger partial charge in [0.05, 0.1) is 12.2 Å². The first-order valence-corrected chi connectivity index (χ1v) is 8.13. The first-order chi connectivity index (χ1) is 9.88. The van der Waals surface area contributed by atoms with Gasteiger partial charge in [-0.3, -0.25) is 0 Å². The Kier molecular flexibility index (Phi) is 9.95. The molecule has 1 aliphatic rings. The Morgan fingerprint density at radius 2 is 1.25 bits per heavy atom. The molecule has 2 atom stereocenters. The van der Waals surface area contributed by atoms with Crippen LogP contribution in [-0.4, -0.2) is 12.2 Å². The van der Waals surface area contributed by atoms with Crippen molar-refractivity contribution < 1.29 is 4.74 Å². The Morgan fingerprint density at radius 3 is 1.80 bits per heavy atom. The van der Waals surface area contributed by atoms with Gasteiger partial charge in [0, 0.05) is 0 Å². The SMILES string of the molecule is CC/C=C\C/C=C\CC1OC1C/C=C\C/C=C\CCC. The van der Waals surface area contributed by atoms with Crippen LogP contribution in [0.5, 0.6) is 0 Å². The van der Waals surface area contributed by atoms with Gasteiger partial charge in [-0.05, 0) is 38.5 Å². The lowest BCUT2D eigenvalue weighted by molar-refractivity contribution is 0.372. The quantitative estimate of drug-likeness (QED) is 0.345. The maximum atomic E-state index is 5.65. The molecule has 0 amide bonds. The standard InChI is InChI=1S/C19H30O/c1-3-5-7-9-11-13-15-17-19-18(20-19)16-14-12-10-8-6-4-2/h6-9,12-15,18-19H,3-5,10-11,16-17H2,1-2H3/b8-6-,9-7-,14-12-,15-13-. The summed E-state index contributed by atoms with van der Waals surface area (Å²) in [6.45, 7) is 4.37. The second-order valence-electron chi connectivity index (χ2n) is 5.24. The molecule has 0 radical (unpaired) electrons. The van der Waals surface area contributed by atoms with E-state index in [1.807, 2.05) is 0 Å². The molecule has 1 nitrogen and oxygen atoms in total. The average Bonchev–Trinajstić information content (AvgIpc) is 3.20. The van der Waals surface area contributed by atoms with Crippen LogP contribution in [0.2, 0.25) is 0 Å². The van der Waals surface area contributed by atoms with Crippen LogP contribution in [0.3, 0.4) is 0 Å². The summed E-state index contributed by atoms with van der Waals surface area (Å²) in [5, 5.41) is 0. The van der Waals surface area contributed by atoms with E-state index in [0.717, 1.165) is 32.1 Å². The zero-order valence-electron chi connectivity index (χ0n) is 13.1. The highest BCUT2D eigenvalue weighted by Crippen LogP contribution is 2.29. The first kappa shape index (κ1) is 17.0. The molecule has 0 aliphatic carbocycles. The van der Waals surface area contributed by atoms with Crippen molar-refractivity contribution in [2.24, 2.45) is 0 Å². The van der Waals surface area contributed by atoms with Crippen LogP contribution in [0, 0.1) is 0 Å². The maximum absolute atomic E-state index is 5.65. The maximum Gasteiger partial charge on any atom is 0.0879 e. The van der Waals surface area contributed by atoms with Crippen LogP contribution in [0.4, 0.5) is 0 Å². The van der Waals surface area contributed by atoms with Crippen LogP contribution in [0.25, 0.3) is 0 Å². The van der Waals surface area contributed by atoms with Crippen LogP contribution in [0.15, 0.2) is 48.6 Å². The fourth-order valence-electron chi connectivity index (χ4n) is 2.05. The van der Waals surface area contributed by atoms with Crippen molar-refractivity contribution >= 4 is 0 Å². The number of hydrogen-bond acceptors (Lipinski definition) is 1. The van der Waals surface area contributed by atoms with E-state index in [1.165, 1.54) is 12.8 Å². The lowest BCUT2D eigenvalue weighted by atomic mass is 10.1. The second-order valence-corrected chi connectivity index (χ2v) is 5.24. The van der Waals surface area contributed by atoms with Gasteiger partial charge in [0.15, 0.2) is 0 Å². The molecule has 0 aromatic heterocycles. The third-order valence-corrected chi connectivity index (χ3v) is 3.33. The fourth-order valence-corrected chi connectivity index (χ4v) is 2.05. The third kappa shape index (κ3) is 8.92. The molecule has 0 aromatic rings. The highest BCUT2D eigenvalue weighted by molar-refractivity contribution is 5.01. The normalized spacial score (nSPS) is 22.9. The minimum absolute atomic E-state index is 0.460. The number of unbranched alkanes of at least 4 members (excludes halogenated alkanes) is 1. The second kappa shape index (κ2) is 11.7. The topological polar surface area (TPSA) is 12.5 Å². The molecule has 1 fully saturated rings. The molecule has 0 bridgehead atoms. The van der Waals surface area contributed by atoms with E-state index >= 15 is 0 Å². The summed E-state index contributed by atoms with van der Waals surface area (Å²) in [6.07, 6.45) is 26.6. The summed E-state index contributed by atoms with van der Waals surface area (Å²) in [4.78, 5) is 0. The predicted molar refractivity (Wildman–Crippen MR) is 88.9 cm³/mol. The lowest BCUT2D eigenvalue weighted by Gasteiger charge is -1.88. The van der Waals surface area contributed by atoms with E-state index in [-0.39, 0.29) is 0 Å². The van der Waals surface area contributed by atoms with Gasteiger partial charge < -0.3 is 4.74 Å². The zero-order valence-corrected chi connectivity index (χ0v) is 13.1. The van der Waals surface area contributed by atoms with Gasteiger partial charge in [-0.1, -0.05) is 68.9 Å². The minimum Gasteiger partial charge on any atom is -0.369 e. The van der Waals surface area contributed by atoms with Crippen LogP contribution < -0.4 is 0 Å². The van der Waals surface area contributed by atoms with Crippen molar-refractivity contribution in [3.05, 3.63) is 48.6 Å². The molecule has 0 N–H and O–H groups in total. The summed E-state index contributed by atoms with van der Waals surface area (Å²) < 4.78 is 5.65. The highest BCUT2D eigenvalue weighted by atomic mass is 16.6. The molecule has 0 saturated carbocycles. The predicted octanol–water partition coefficient (Wildman–Crippen LogP) is 5.75. The molecule has 1 saturated heterocycles. The molecular weight excluding hydrogens is 244 g/mol. The van der Waals surface area contributed by atoms with Gasteiger partial charge in [-0.2, -0.15) is 0 Å². The van der Waals surface area contributed by atoms with Gasteiger partial charge in [0.2, 0.25) is 0 Å². The summed E-state index contributed by atoms with van der Waals surface area (Å²) in [5.41, 5.74) is 0. The van der Waals surface area contributed by atoms with Gasteiger partial charge in [-0.25, -0.2) is 0 Å². The van der Waals surface area contributed by atoms with E-state index in [1.54, 1.807) is 0 Å². The molecule has 1 rings (SSSR count). The fraction of sp³-hybridized carbons (Fsp3) is 0.579. The van der Waals surface area contributed by atoms with Gasteiger partial charge >= 0.3 is 0 Å². The molecule has 1 heteroatoms. The van der Waals surface area contributed by atoms with Crippen molar-refractivity contribution in [2.75, 3.05) is 0 Å². The molecule has 1 heterocycles. The molecule has 1 aliphatic heterocycles. The zero-order chi connectivity index (χ0) is 14.5. The largest absolute Gasteiger partial charge is 0.369 e. The molecule has 112 valence electrons. The summed E-state index contributed by atoms with van der Waals surface area (Å²) in [5.74, 6) is 0. The number of hydrogen-bond donors (Lipinski definition) is 0. The molecule has 2 unspecified atom stereocenters. The molecule has 0 spiro atoms. The number of ether oxygens (including phenoxy) is 1. The van der Waals surface area contributed by atoms with Crippen LogP contribution in [0.1, 0.15) is 58.8 Å². The Hall–Kier alpha value is -1.08. The van der Waals surface area contributed by atoms with E-state index in [2.05, 4.69) is 62.5 Å². The number of allylic oxidation sites excluding steroid dienone is 6. The lowest BCUT2D eigenvalue weighted by Crippen LogP contribution is -1.90. The van der Waals surface area contributed by atoms with Crippen LogP contribution >= 0.6 is 0 Å². The van der Waals surface area contributed by atoms with E-state index in [9.17, 15) is 0 Å². The highest BCUT2D eigenvalue weighted by Gasteiger charge is 2.35. The van der Waals surface area contributed by atoms with Gasteiger partial charge in [0.25, 0.3) is 0 Å². The van der Waals surface area contributed by atoms with Crippen molar-refractivity contribution in [1.29, 1.82) is 0 Å². The van der Waals surface area contributed by atoms with Gasteiger partial charge in [0.1, 0.15) is 0 Å². The molecule has 0 aromatic carbocycles. The summed E-state index contributed by atoms with van der Waals surface area (Å²) in [7, 11) is 0. The smallest absolute Gasteiger partial charge is 0.0879 e. The van der Waals surface area contributed by atoms with Crippen molar-refractivity contribution in [2.45, 2.75) is 71.0 Å². The van der Waals surface area contributed by atoms with E-state index in [0.29, 0.717) is 12.2 Å². The van der Waals surface area contributed by atoms with E-state index < -0.39 is 0 Å². The monoisotopic (exact) mass is 274 g/mol. The van der Waals surface area contributed by atoms with Crippen LogP contribution in [-0.2, 0) is 4.74 Å². The number of rotatable bonds is 11. The number of epoxide rings is 1. The first-order valence-electron chi connectivity index (χ1n) is 8.13. The van der Waals surface area contributed by atoms with Crippen molar-refractivity contribution in [1.82, 2.24) is 0 Å². The Bertz CT molecular complexity index is 336. The van der Waals surface area contributed by atoms with Crippen molar-refractivity contribution in [3.8, 4) is 0 Å². The van der Waals surface area contributed by atoms with Crippen molar-refractivity contribution in [3.63, 3.8) is 0 Å². The van der Waals surface area contributed by atoms with Gasteiger partial charge in [-0.15, -0.1) is 0 Å². The van der Waals surface area contributed by atoms with E-state index in [4.69, 9.17) is 4.74 Å². The summed E-state index contributed by atoms with van der Waals surface area (Å²) in [6, 6.07) is 0. The Labute approximate surface area is 125 Å².